The molecule has 0 heterocycles. The highest BCUT2D eigenvalue weighted by Gasteiger charge is 2.19. The fourth-order valence-electron chi connectivity index (χ4n) is 2.67. The average molecular weight is 301 g/mol. The van der Waals surface area contributed by atoms with Crippen LogP contribution in [-0.4, -0.2) is 11.2 Å². The summed E-state index contributed by atoms with van der Waals surface area (Å²) >= 11 is 3.24. The summed E-state index contributed by atoms with van der Waals surface area (Å²) in [6, 6.07) is 4.99. The van der Waals surface area contributed by atoms with E-state index >= 15 is 0 Å². The highest BCUT2D eigenvalue weighted by atomic mass is 79.9. The van der Waals surface area contributed by atoms with Gasteiger partial charge >= 0.3 is 0 Å². The molecule has 0 spiro atoms. The molecular formula is C14H18BrFO. The predicted molar refractivity (Wildman–Crippen MR) is 70.4 cm³/mol. The minimum absolute atomic E-state index is 0.254. The summed E-state index contributed by atoms with van der Waals surface area (Å²) in [5.41, 5.74) is 0.857. The molecule has 0 amide bonds. The van der Waals surface area contributed by atoms with E-state index in [-0.39, 0.29) is 11.9 Å². The van der Waals surface area contributed by atoms with Gasteiger partial charge in [-0.3, -0.25) is 0 Å². The Bertz CT molecular complexity index is 374. The summed E-state index contributed by atoms with van der Waals surface area (Å²) in [4.78, 5) is 0. The molecule has 0 saturated heterocycles. The molecule has 1 nitrogen and oxygen atoms in total. The molecule has 1 aliphatic carbocycles. The first-order valence-electron chi connectivity index (χ1n) is 6.27. The second kappa shape index (κ2) is 5.96. The van der Waals surface area contributed by atoms with Crippen molar-refractivity contribution in [2.24, 2.45) is 5.92 Å². The summed E-state index contributed by atoms with van der Waals surface area (Å²) in [5, 5.41) is 10.0. The predicted octanol–water partition coefficient (Wildman–Crippen LogP) is 4.07. The van der Waals surface area contributed by atoms with E-state index < -0.39 is 0 Å². The Morgan fingerprint density at radius 3 is 2.76 bits per heavy atom. The molecule has 1 unspecified atom stereocenters. The Balaban J connectivity index is 1.93. The molecule has 1 atom stereocenters. The van der Waals surface area contributed by atoms with Gasteiger partial charge in [-0.05, 0) is 46.3 Å². The molecule has 17 heavy (non-hydrogen) atoms. The van der Waals surface area contributed by atoms with E-state index in [0.29, 0.717) is 16.8 Å². The topological polar surface area (TPSA) is 20.2 Å². The normalized spacial score (nSPS) is 18.5. The van der Waals surface area contributed by atoms with Crippen molar-refractivity contribution in [1.82, 2.24) is 0 Å². The quantitative estimate of drug-likeness (QED) is 0.888. The first-order chi connectivity index (χ1) is 8.16. The van der Waals surface area contributed by atoms with E-state index in [1.165, 1.54) is 31.7 Å². The van der Waals surface area contributed by atoms with Gasteiger partial charge in [-0.1, -0.05) is 37.8 Å². The lowest BCUT2D eigenvalue weighted by atomic mass is 9.96. The zero-order chi connectivity index (χ0) is 12.3. The minimum atomic E-state index is -0.351. The lowest BCUT2D eigenvalue weighted by molar-refractivity contribution is 0.143. The lowest BCUT2D eigenvalue weighted by Crippen LogP contribution is -2.15. The number of benzene rings is 1. The summed E-state index contributed by atoms with van der Waals surface area (Å²) in [7, 11) is 0. The molecule has 1 aromatic rings. The third-order valence-corrected chi connectivity index (χ3v) is 4.46. The van der Waals surface area contributed by atoms with Crippen LogP contribution in [-0.2, 0) is 6.42 Å². The Morgan fingerprint density at radius 2 is 2.06 bits per heavy atom. The molecule has 0 aromatic heterocycles. The number of halogens is 2. The van der Waals surface area contributed by atoms with Crippen LogP contribution in [0.2, 0.25) is 0 Å². The molecule has 1 fully saturated rings. The van der Waals surface area contributed by atoms with Gasteiger partial charge in [0.1, 0.15) is 5.82 Å². The molecule has 1 saturated carbocycles. The van der Waals surface area contributed by atoms with Gasteiger partial charge in [-0.25, -0.2) is 4.39 Å². The Morgan fingerprint density at radius 1 is 1.35 bits per heavy atom. The zero-order valence-electron chi connectivity index (χ0n) is 9.83. The average Bonchev–Trinajstić information content (AvgIpc) is 2.77. The van der Waals surface area contributed by atoms with Gasteiger partial charge in [0, 0.05) is 0 Å². The minimum Gasteiger partial charge on any atom is -0.393 e. The molecule has 1 N–H and O–H groups in total. The van der Waals surface area contributed by atoms with Gasteiger partial charge in [-0.2, -0.15) is 0 Å². The van der Waals surface area contributed by atoms with Gasteiger partial charge in [0.05, 0.1) is 10.6 Å². The molecule has 2 rings (SSSR count). The van der Waals surface area contributed by atoms with Crippen molar-refractivity contribution in [3.63, 3.8) is 0 Å². The number of hydrogen-bond donors (Lipinski definition) is 1. The Kier molecular flexibility index (Phi) is 4.57. The van der Waals surface area contributed by atoms with Crippen molar-refractivity contribution in [2.75, 3.05) is 0 Å². The second-order valence-corrected chi connectivity index (χ2v) is 5.75. The van der Waals surface area contributed by atoms with E-state index in [1.807, 2.05) is 6.07 Å². The van der Waals surface area contributed by atoms with Crippen molar-refractivity contribution in [3.8, 4) is 0 Å². The summed E-state index contributed by atoms with van der Waals surface area (Å²) in [6.45, 7) is 0. The van der Waals surface area contributed by atoms with Gasteiger partial charge in [0.2, 0.25) is 0 Å². The number of aliphatic hydroxyl groups excluding tert-OH is 1. The number of rotatable bonds is 4. The molecule has 0 radical (unpaired) electrons. The van der Waals surface area contributed by atoms with Crippen LogP contribution >= 0.6 is 15.9 Å². The van der Waals surface area contributed by atoms with Crippen LogP contribution in [0.25, 0.3) is 0 Å². The van der Waals surface area contributed by atoms with Crippen LogP contribution in [0, 0.1) is 11.7 Å². The van der Waals surface area contributed by atoms with Crippen LogP contribution in [0.5, 0.6) is 0 Å². The Hall–Kier alpha value is -0.410. The summed E-state index contributed by atoms with van der Waals surface area (Å²) < 4.78 is 13.8. The maximum atomic E-state index is 13.3. The van der Waals surface area contributed by atoms with Crippen molar-refractivity contribution in [3.05, 3.63) is 34.1 Å². The third kappa shape index (κ3) is 3.52. The molecule has 0 bridgehead atoms. The van der Waals surface area contributed by atoms with Crippen LogP contribution in [0.15, 0.2) is 22.7 Å². The van der Waals surface area contributed by atoms with Crippen LogP contribution in [0.1, 0.15) is 37.7 Å². The molecular weight excluding hydrogens is 283 g/mol. The smallest absolute Gasteiger partial charge is 0.137 e. The maximum Gasteiger partial charge on any atom is 0.137 e. The van der Waals surface area contributed by atoms with Gasteiger partial charge in [0.15, 0.2) is 0 Å². The van der Waals surface area contributed by atoms with E-state index in [1.54, 1.807) is 6.07 Å². The number of aliphatic hydroxyl groups is 1. The fraction of sp³-hybridized carbons (Fsp3) is 0.571. The Labute approximate surface area is 110 Å². The van der Waals surface area contributed by atoms with Crippen LogP contribution in [0.3, 0.4) is 0 Å². The van der Waals surface area contributed by atoms with Crippen molar-refractivity contribution in [1.29, 1.82) is 0 Å². The van der Waals surface area contributed by atoms with E-state index in [9.17, 15) is 9.50 Å². The highest BCUT2D eigenvalue weighted by Crippen LogP contribution is 2.30. The van der Waals surface area contributed by atoms with Crippen LogP contribution < -0.4 is 0 Å². The first kappa shape index (κ1) is 13.0. The third-order valence-electron chi connectivity index (χ3n) is 3.57. The zero-order valence-corrected chi connectivity index (χ0v) is 11.4. The molecule has 0 aliphatic heterocycles. The highest BCUT2D eigenvalue weighted by molar-refractivity contribution is 9.10. The SMILES string of the molecule is OC(Cc1cccc(F)c1Br)CC1CCCC1. The second-order valence-electron chi connectivity index (χ2n) is 4.96. The van der Waals surface area contributed by atoms with Crippen LogP contribution in [0.4, 0.5) is 4.39 Å². The summed E-state index contributed by atoms with van der Waals surface area (Å²) in [5.74, 6) is 0.410. The van der Waals surface area contributed by atoms with E-state index in [2.05, 4.69) is 15.9 Å². The van der Waals surface area contributed by atoms with Crippen molar-refractivity contribution < 1.29 is 9.50 Å². The van der Waals surface area contributed by atoms with Gasteiger partial charge < -0.3 is 5.11 Å². The standard InChI is InChI=1S/C14H18BrFO/c15-14-11(6-3-7-13(14)16)9-12(17)8-10-4-1-2-5-10/h3,6-7,10,12,17H,1-2,4-5,8-9H2. The van der Waals surface area contributed by atoms with Crippen molar-refractivity contribution >= 4 is 15.9 Å². The van der Waals surface area contributed by atoms with Crippen molar-refractivity contribution in [2.45, 2.75) is 44.6 Å². The maximum absolute atomic E-state index is 13.3. The largest absolute Gasteiger partial charge is 0.393 e. The van der Waals surface area contributed by atoms with E-state index in [4.69, 9.17) is 0 Å². The number of hydrogen-bond acceptors (Lipinski definition) is 1. The van der Waals surface area contributed by atoms with Gasteiger partial charge in [-0.15, -0.1) is 0 Å². The summed E-state index contributed by atoms with van der Waals surface area (Å²) in [6.07, 6.45) is 6.10. The molecule has 1 aromatic carbocycles. The molecule has 94 valence electrons. The lowest BCUT2D eigenvalue weighted by Gasteiger charge is -2.16. The molecule has 1 aliphatic rings. The fourth-order valence-corrected chi connectivity index (χ4v) is 3.10. The van der Waals surface area contributed by atoms with E-state index in [0.717, 1.165) is 12.0 Å². The van der Waals surface area contributed by atoms with Gasteiger partial charge in [0.25, 0.3) is 0 Å². The molecule has 3 heteroatoms. The first-order valence-corrected chi connectivity index (χ1v) is 7.07. The monoisotopic (exact) mass is 300 g/mol.